The lowest BCUT2D eigenvalue weighted by atomic mass is 9.80. The summed E-state index contributed by atoms with van der Waals surface area (Å²) in [6.07, 6.45) is 0. The minimum absolute atomic E-state index is 0.189. The Morgan fingerprint density at radius 3 is 1.27 bits per heavy atom. The summed E-state index contributed by atoms with van der Waals surface area (Å²) in [7, 11) is 1.57. The molecule has 2 aromatic carbocycles. The Balaban J connectivity index is 2.75. The van der Waals surface area contributed by atoms with Crippen molar-refractivity contribution in [3.63, 3.8) is 0 Å². The summed E-state index contributed by atoms with van der Waals surface area (Å²) in [5.41, 5.74) is 7.97. The molecule has 0 saturated heterocycles. The van der Waals surface area contributed by atoms with Crippen molar-refractivity contribution in [3.05, 3.63) is 44.5 Å². The molecule has 0 fully saturated rings. The lowest BCUT2D eigenvalue weighted by Gasteiger charge is -2.30. The third kappa shape index (κ3) is 1.51. The Hall–Kier alpha value is -2.16. The first-order valence-corrected chi connectivity index (χ1v) is 7.55. The van der Waals surface area contributed by atoms with Gasteiger partial charge in [0, 0.05) is 12.4 Å². The standard InChI is InChI=1S/C19H21NO2/c1-8-10(3)14-11(4)9(2)13(6)16-17(14)15(12(8)5)18(21)20(7)19(16)22/h1-7H3. The van der Waals surface area contributed by atoms with Crippen LogP contribution in [0.25, 0.3) is 10.8 Å². The first-order valence-electron chi connectivity index (χ1n) is 7.55. The number of amides is 2. The van der Waals surface area contributed by atoms with Crippen LogP contribution in [0, 0.1) is 41.5 Å². The Kier molecular flexibility index (Phi) is 2.96. The van der Waals surface area contributed by atoms with Crippen molar-refractivity contribution in [2.24, 2.45) is 0 Å². The highest BCUT2D eigenvalue weighted by atomic mass is 16.2. The molecule has 22 heavy (non-hydrogen) atoms. The predicted molar refractivity (Wildman–Crippen MR) is 88.8 cm³/mol. The average molecular weight is 295 g/mol. The zero-order valence-electron chi connectivity index (χ0n) is 14.3. The molecule has 1 aliphatic heterocycles. The molecule has 0 aliphatic carbocycles. The maximum Gasteiger partial charge on any atom is 0.261 e. The van der Waals surface area contributed by atoms with E-state index in [2.05, 4.69) is 27.7 Å². The molecule has 0 atom stereocenters. The highest BCUT2D eigenvalue weighted by Gasteiger charge is 2.35. The maximum atomic E-state index is 12.7. The van der Waals surface area contributed by atoms with E-state index >= 15 is 0 Å². The minimum Gasteiger partial charge on any atom is -0.277 e. The number of imide groups is 1. The number of rotatable bonds is 0. The first kappa shape index (κ1) is 14.8. The monoisotopic (exact) mass is 295 g/mol. The molecular weight excluding hydrogens is 274 g/mol. The SMILES string of the molecule is Cc1c(C)c2c3c(c(C)c(C)c(C)c3c1C)C(=O)N(C)C2=O. The lowest BCUT2D eigenvalue weighted by molar-refractivity contribution is 0.0650. The van der Waals surface area contributed by atoms with Crippen molar-refractivity contribution in [2.45, 2.75) is 41.5 Å². The molecule has 0 N–H and O–H groups in total. The van der Waals surface area contributed by atoms with Gasteiger partial charge in [0.25, 0.3) is 11.8 Å². The summed E-state index contributed by atoms with van der Waals surface area (Å²) in [5.74, 6) is -0.378. The molecule has 3 nitrogen and oxygen atoms in total. The van der Waals surface area contributed by atoms with Gasteiger partial charge in [-0.05, 0) is 80.3 Å². The van der Waals surface area contributed by atoms with Crippen molar-refractivity contribution in [1.82, 2.24) is 4.90 Å². The van der Waals surface area contributed by atoms with Gasteiger partial charge in [-0.3, -0.25) is 14.5 Å². The molecule has 3 rings (SSSR count). The minimum atomic E-state index is -0.189. The maximum absolute atomic E-state index is 12.7. The van der Waals surface area contributed by atoms with Crippen LogP contribution in [0.2, 0.25) is 0 Å². The summed E-state index contributed by atoms with van der Waals surface area (Å²) < 4.78 is 0. The van der Waals surface area contributed by atoms with Gasteiger partial charge in [-0.15, -0.1) is 0 Å². The van der Waals surface area contributed by atoms with Gasteiger partial charge in [0.1, 0.15) is 0 Å². The van der Waals surface area contributed by atoms with Gasteiger partial charge in [0.2, 0.25) is 0 Å². The lowest BCUT2D eigenvalue weighted by Crippen LogP contribution is -2.38. The fourth-order valence-corrected chi connectivity index (χ4v) is 3.68. The van der Waals surface area contributed by atoms with Gasteiger partial charge >= 0.3 is 0 Å². The molecule has 0 aromatic heterocycles. The quantitative estimate of drug-likeness (QED) is 0.691. The van der Waals surface area contributed by atoms with Gasteiger partial charge in [0.15, 0.2) is 0 Å². The van der Waals surface area contributed by atoms with Crippen LogP contribution in [0.4, 0.5) is 0 Å². The van der Waals surface area contributed by atoms with Crippen LogP contribution in [-0.2, 0) is 0 Å². The molecule has 1 aliphatic rings. The largest absolute Gasteiger partial charge is 0.277 e. The van der Waals surface area contributed by atoms with E-state index in [0.717, 1.165) is 33.0 Å². The van der Waals surface area contributed by atoms with Crippen LogP contribution in [0.15, 0.2) is 0 Å². The van der Waals surface area contributed by atoms with Crippen molar-refractivity contribution >= 4 is 22.6 Å². The van der Waals surface area contributed by atoms with E-state index in [-0.39, 0.29) is 11.8 Å². The smallest absolute Gasteiger partial charge is 0.261 e. The topological polar surface area (TPSA) is 37.4 Å². The molecule has 2 aromatic rings. The summed E-state index contributed by atoms with van der Waals surface area (Å²) in [6.45, 7) is 12.2. The molecule has 0 bridgehead atoms. The van der Waals surface area contributed by atoms with E-state index in [1.807, 2.05) is 13.8 Å². The number of hydrogen-bond donors (Lipinski definition) is 0. The van der Waals surface area contributed by atoms with E-state index < -0.39 is 0 Å². The van der Waals surface area contributed by atoms with E-state index in [9.17, 15) is 9.59 Å². The third-order valence-electron chi connectivity index (χ3n) is 5.54. The molecule has 0 spiro atoms. The fraction of sp³-hybridized carbons (Fsp3) is 0.368. The van der Waals surface area contributed by atoms with Crippen molar-refractivity contribution in [1.29, 1.82) is 0 Å². The molecule has 2 amide bonds. The van der Waals surface area contributed by atoms with Crippen LogP contribution < -0.4 is 0 Å². The Bertz CT molecular complexity index is 822. The second-order valence-electron chi connectivity index (χ2n) is 6.42. The number of aryl methyl sites for hydroxylation is 2. The molecular formula is C19H21NO2. The van der Waals surface area contributed by atoms with Crippen LogP contribution in [-0.4, -0.2) is 23.8 Å². The van der Waals surface area contributed by atoms with Gasteiger partial charge in [0.05, 0.1) is 11.1 Å². The Morgan fingerprint density at radius 2 is 0.909 bits per heavy atom. The van der Waals surface area contributed by atoms with E-state index in [1.54, 1.807) is 7.05 Å². The molecule has 0 saturated carbocycles. The highest BCUT2D eigenvalue weighted by Crippen LogP contribution is 2.40. The molecule has 0 unspecified atom stereocenters. The Morgan fingerprint density at radius 1 is 0.545 bits per heavy atom. The Labute approximate surface area is 130 Å². The third-order valence-corrected chi connectivity index (χ3v) is 5.54. The van der Waals surface area contributed by atoms with E-state index in [1.165, 1.54) is 16.0 Å². The summed E-state index contributed by atoms with van der Waals surface area (Å²) in [6, 6.07) is 0. The second kappa shape index (κ2) is 4.42. The second-order valence-corrected chi connectivity index (χ2v) is 6.42. The van der Waals surface area contributed by atoms with Crippen LogP contribution in [0.1, 0.15) is 54.1 Å². The van der Waals surface area contributed by atoms with Gasteiger partial charge < -0.3 is 0 Å². The van der Waals surface area contributed by atoms with Crippen LogP contribution in [0.5, 0.6) is 0 Å². The van der Waals surface area contributed by atoms with E-state index in [0.29, 0.717) is 11.1 Å². The molecule has 114 valence electrons. The van der Waals surface area contributed by atoms with Crippen molar-refractivity contribution < 1.29 is 9.59 Å². The average Bonchev–Trinajstić information content (AvgIpc) is 2.48. The van der Waals surface area contributed by atoms with Crippen molar-refractivity contribution in [2.75, 3.05) is 7.05 Å². The zero-order valence-corrected chi connectivity index (χ0v) is 14.3. The molecule has 3 heteroatoms. The fourth-order valence-electron chi connectivity index (χ4n) is 3.68. The van der Waals surface area contributed by atoms with Gasteiger partial charge in [-0.2, -0.15) is 0 Å². The number of hydrogen-bond acceptors (Lipinski definition) is 2. The molecule has 0 radical (unpaired) electrons. The number of nitrogens with zero attached hydrogens (tertiary/aromatic N) is 1. The predicted octanol–water partition coefficient (Wildman–Crippen LogP) is 3.92. The van der Waals surface area contributed by atoms with E-state index in [4.69, 9.17) is 0 Å². The normalized spacial score (nSPS) is 14.2. The summed E-state index contributed by atoms with van der Waals surface area (Å²) in [4.78, 5) is 26.7. The van der Waals surface area contributed by atoms with Gasteiger partial charge in [-0.25, -0.2) is 0 Å². The summed E-state index contributed by atoms with van der Waals surface area (Å²) >= 11 is 0. The number of carbonyl (C=O) groups excluding carboxylic acids is 2. The zero-order chi connectivity index (χ0) is 16.5. The summed E-state index contributed by atoms with van der Waals surface area (Å²) in [5, 5.41) is 1.93. The van der Waals surface area contributed by atoms with Gasteiger partial charge in [-0.1, -0.05) is 0 Å². The first-order chi connectivity index (χ1) is 10.2. The number of carbonyl (C=O) groups is 2. The number of benzene rings is 2. The molecule has 1 heterocycles. The highest BCUT2D eigenvalue weighted by molar-refractivity contribution is 6.27. The van der Waals surface area contributed by atoms with Crippen LogP contribution in [0.3, 0.4) is 0 Å². The van der Waals surface area contributed by atoms with Crippen LogP contribution >= 0.6 is 0 Å². The van der Waals surface area contributed by atoms with Crippen molar-refractivity contribution in [3.8, 4) is 0 Å².